The van der Waals surface area contributed by atoms with E-state index in [-0.39, 0.29) is 11.9 Å². The molecule has 3 aliphatic rings. The van der Waals surface area contributed by atoms with E-state index in [1.54, 1.807) is 4.90 Å². The summed E-state index contributed by atoms with van der Waals surface area (Å²) in [7, 11) is 4.10. The normalized spacial score (nSPS) is 19.2. The number of hydrogen-bond donors (Lipinski definition) is 2. The Bertz CT molecular complexity index is 1370. The lowest BCUT2D eigenvalue weighted by atomic mass is 9.79. The summed E-state index contributed by atoms with van der Waals surface area (Å²) in [5.41, 5.74) is 12.1. The summed E-state index contributed by atoms with van der Waals surface area (Å²) < 4.78 is 6.10. The van der Waals surface area contributed by atoms with E-state index in [9.17, 15) is 14.4 Å². The van der Waals surface area contributed by atoms with Crippen LogP contribution in [-0.4, -0.2) is 110 Å². The first-order chi connectivity index (χ1) is 23.2. The van der Waals surface area contributed by atoms with E-state index in [4.69, 9.17) is 10.5 Å². The fraction of sp³-hybridized carbons (Fsp3) is 0.605. The lowest BCUT2D eigenvalue weighted by Gasteiger charge is -2.40. The standard InChI is InChI=1S/C38H56N6O4/c1-27-23-29(24-28(2)36(27)39)25-35(37(46)42-18-11-31(12-19-42)30-9-16-41(4)17-10-30)48-38(47)43-21-14-33(15-22-43)44(26-45)20-13-32-7-5-6-8-34(32)40-3/h5-8,23-24,26,30-31,33,35,40H,9-22,25,39H2,1-4H3/t35-/m1/s1. The van der Waals surface area contributed by atoms with E-state index < -0.39 is 12.2 Å². The van der Waals surface area contributed by atoms with Crippen LogP contribution in [0.4, 0.5) is 16.2 Å². The van der Waals surface area contributed by atoms with Crippen molar-refractivity contribution in [3.8, 4) is 0 Å². The third kappa shape index (κ3) is 8.81. The van der Waals surface area contributed by atoms with Crippen molar-refractivity contribution in [1.82, 2.24) is 19.6 Å². The van der Waals surface area contributed by atoms with E-state index >= 15 is 0 Å². The molecule has 10 heteroatoms. The molecule has 10 nitrogen and oxygen atoms in total. The molecule has 0 aromatic heterocycles. The summed E-state index contributed by atoms with van der Waals surface area (Å²) in [6.07, 6.45) is 6.43. The second-order valence-corrected chi connectivity index (χ2v) is 14.2. The number of nitrogens with one attached hydrogen (secondary N) is 1. The van der Waals surface area contributed by atoms with Gasteiger partial charge in [-0.15, -0.1) is 0 Å². The Morgan fingerprint density at radius 3 is 2.12 bits per heavy atom. The van der Waals surface area contributed by atoms with Gasteiger partial charge < -0.3 is 35.4 Å². The van der Waals surface area contributed by atoms with Gasteiger partial charge in [0.05, 0.1) is 0 Å². The third-order valence-electron chi connectivity index (χ3n) is 11.1. The van der Waals surface area contributed by atoms with E-state index in [0.29, 0.717) is 57.9 Å². The van der Waals surface area contributed by atoms with Crippen LogP contribution < -0.4 is 11.1 Å². The quantitative estimate of drug-likeness (QED) is 0.265. The molecule has 3 N–H and O–H groups in total. The average molecular weight is 661 g/mol. The van der Waals surface area contributed by atoms with Crippen LogP contribution in [0.3, 0.4) is 0 Å². The smallest absolute Gasteiger partial charge is 0.410 e. The number of likely N-dealkylation sites (tertiary alicyclic amines) is 3. The maximum atomic E-state index is 14.0. The number of para-hydroxylation sites is 1. The number of ether oxygens (including phenoxy) is 1. The number of benzene rings is 2. The van der Waals surface area contributed by atoms with Crippen LogP contribution in [0.5, 0.6) is 0 Å². The molecule has 3 fully saturated rings. The minimum absolute atomic E-state index is 0.0531. The topological polar surface area (TPSA) is 111 Å². The summed E-state index contributed by atoms with van der Waals surface area (Å²) >= 11 is 0. The van der Waals surface area contributed by atoms with Crippen LogP contribution in [-0.2, 0) is 27.2 Å². The van der Waals surface area contributed by atoms with Gasteiger partial charge >= 0.3 is 6.09 Å². The molecule has 3 aliphatic heterocycles. The molecule has 0 unspecified atom stereocenters. The minimum Gasteiger partial charge on any atom is -0.436 e. The molecule has 0 bridgehead atoms. The number of nitrogens with zero attached hydrogens (tertiary/aromatic N) is 4. The molecule has 2 aromatic carbocycles. The molecular formula is C38H56N6O4. The van der Waals surface area contributed by atoms with Gasteiger partial charge in [0, 0.05) is 63.6 Å². The molecule has 3 heterocycles. The van der Waals surface area contributed by atoms with Crippen molar-refractivity contribution in [2.24, 2.45) is 11.8 Å². The van der Waals surface area contributed by atoms with E-state index in [2.05, 4.69) is 23.3 Å². The maximum absolute atomic E-state index is 14.0. The van der Waals surface area contributed by atoms with Crippen LogP contribution in [0.15, 0.2) is 36.4 Å². The van der Waals surface area contributed by atoms with Crippen LogP contribution >= 0.6 is 0 Å². The van der Waals surface area contributed by atoms with Crippen molar-refractivity contribution in [2.75, 3.05) is 71.0 Å². The summed E-state index contributed by atoms with van der Waals surface area (Å²) in [5, 5.41) is 3.22. The molecule has 5 rings (SSSR count). The first kappa shape index (κ1) is 35.5. The first-order valence-corrected chi connectivity index (χ1v) is 17.9. The highest BCUT2D eigenvalue weighted by Gasteiger charge is 2.36. The lowest BCUT2D eigenvalue weighted by Crippen LogP contribution is -2.50. The van der Waals surface area contributed by atoms with Crippen molar-refractivity contribution in [3.63, 3.8) is 0 Å². The molecule has 0 aliphatic carbocycles. The zero-order valence-electron chi connectivity index (χ0n) is 29.5. The number of hydrogen-bond acceptors (Lipinski definition) is 7. The predicted molar refractivity (Wildman–Crippen MR) is 191 cm³/mol. The van der Waals surface area contributed by atoms with Crippen LogP contribution in [0.2, 0.25) is 0 Å². The van der Waals surface area contributed by atoms with Crippen LogP contribution in [0.25, 0.3) is 0 Å². The summed E-state index contributed by atoms with van der Waals surface area (Å²) in [4.78, 5) is 47.6. The number of carbonyl (C=O) groups excluding carboxylic acids is 3. The Morgan fingerprint density at radius 2 is 1.52 bits per heavy atom. The molecule has 1 atom stereocenters. The monoisotopic (exact) mass is 660 g/mol. The molecular weight excluding hydrogens is 604 g/mol. The summed E-state index contributed by atoms with van der Waals surface area (Å²) in [6.45, 7) is 9.21. The van der Waals surface area contributed by atoms with Gasteiger partial charge in [-0.1, -0.05) is 30.3 Å². The Kier molecular flexibility index (Phi) is 12.2. The molecule has 0 saturated carbocycles. The Morgan fingerprint density at radius 1 is 0.938 bits per heavy atom. The summed E-state index contributed by atoms with van der Waals surface area (Å²) in [5.74, 6) is 1.27. The zero-order valence-corrected chi connectivity index (χ0v) is 29.5. The fourth-order valence-corrected chi connectivity index (χ4v) is 8.00. The molecule has 2 aromatic rings. The maximum Gasteiger partial charge on any atom is 0.410 e. The van der Waals surface area contributed by atoms with Crippen LogP contribution in [0.1, 0.15) is 60.8 Å². The van der Waals surface area contributed by atoms with Gasteiger partial charge in [-0.25, -0.2) is 4.79 Å². The van der Waals surface area contributed by atoms with Crippen molar-refractivity contribution in [2.45, 2.75) is 77.4 Å². The number of nitrogen functional groups attached to an aromatic ring is 1. The van der Waals surface area contributed by atoms with Crippen molar-refractivity contribution < 1.29 is 19.1 Å². The van der Waals surface area contributed by atoms with Crippen molar-refractivity contribution >= 4 is 29.8 Å². The van der Waals surface area contributed by atoms with Gasteiger partial charge in [0.25, 0.3) is 5.91 Å². The Balaban J connectivity index is 1.19. The lowest BCUT2D eigenvalue weighted by molar-refractivity contribution is -0.142. The van der Waals surface area contributed by atoms with E-state index in [1.165, 1.54) is 18.4 Å². The molecule has 48 heavy (non-hydrogen) atoms. The number of piperidine rings is 3. The highest BCUT2D eigenvalue weighted by molar-refractivity contribution is 5.84. The second kappa shape index (κ2) is 16.5. The number of rotatable bonds is 11. The fourth-order valence-electron chi connectivity index (χ4n) is 8.00. The van der Waals surface area contributed by atoms with Crippen molar-refractivity contribution in [3.05, 3.63) is 58.7 Å². The molecule has 262 valence electrons. The molecule has 3 saturated heterocycles. The molecule has 0 radical (unpaired) electrons. The number of amides is 3. The van der Waals surface area contributed by atoms with Gasteiger partial charge in [-0.3, -0.25) is 9.59 Å². The Hall–Kier alpha value is -3.79. The van der Waals surface area contributed by atoms with Gasteiger partial charge in [-0.2, -0.15) is 0 Å². The highest BCUT2D eigenvalue weighted by Crippen LogP contribution is 2.33. The van der Waals surface area contributed by atoms with E-state index in [0.717, 1.165) is 72.7 Å². The first-order valence-electron chi connectivity index (χ1n) is 17.9. The SMILES string of the molecule is CNc1ccccc1CCN(C=O)C1CCN(C(=O)O[C@H](Cc2cc(C)c(N)c(C)c2)C(=O)N2CCC(C3CCN(C)CC3)CC2)CC1. The second-order valence-electron chi connectivity index (χ2n) is 14.2. The number of nitrogens with two attached hydrogens (primary N) is 1. The van der Waals surface area contributed by atoms with Crippen molar-refractivity contribution in [1.29, 1.82) is 0 Å². The van der Waals surface area contributed by atoms with Crippen LogP contribution in [0, 0.1) is 25.7 Å². The summed E-state index contributed by atoms with van der Waals surface area (Å²) in [6, 6.07) is 12.2. The number of anilines is 2. The van der Waals surface area contributed by atoms with Gasteiger partial charge in [-0.05, 0) is 119 Å². The number of aryl methyl sites for hydroxylation is 2. The van der Waals surface area contributed by atoms with Gasteiger partial charge in [0.1, 0.15) is 0 Å². The molecule has 0 spiro atoms. The Labute approximate surface area is 286 Å². The largest absolute Gasteiger partial charge is 0.436 e. The predicted octanol–water partition coefficient (Wildman–Crippen LogP) is 4.72. The van der Waals surface area contributed by atoms with Gasteiger partial charge in [0.2, 0.25) is 6.41 Å². The minimum atomic E-state index is -0.906. The average Bonchev–Trinajstić information content (AvgIpc) is 3.11. The van der Waals surface area contributed by atoms with E-state index in [1.807, 2.05) is 61.0 Å². The molecule has 3 amide bonds. The third-order valence-corrected chi connectivity index (χ3v) is 11.1. The zero-order chi connectivity index (χ0) is 34.2. The van der Waals surface area contributed by atoms with Gasteiger partial charge in [0.15, 0.2) is 6.10 Å². The number of carbonyl (C=O) groups is 3. The highest BCUT2D eigenvalue weighted by atomic mass is 16.6.